The van der Waals surface area contributed by atoms with Crippen LogP contribution in [0.5, 0.6) is 0 Å². The normalized spacial score (nSPS) is 15.4. The largest absolute Gasteiger partial charge is 0.342 e. The van der Waals surface area contributed by atoms with Gasteiger partial charge in [0.25, 0.3) is 5.91 Å². The monoisotopic (exact) mass is 449 g/mol. The molecule has 27 heavy (non-hydrogen) atoms. The minimum Gasteiger partial charge on any atom is -0.342 e. The first-order valence-electron chi connectivity index (χ1n) is 9.11. The van der Waals surface area contributed by atoms with Gasteiger partial charge in [-0.3, -0.25) is 14.5 Å². The van der Waals surface area contributed by atoms with Crippen molar-refractivity contribution in [1.29, 1.82) is 0 Å². The van der Waals surface area contributed by atoms with Crippen LogP contribution in [0.2, 0.25) is 0 Å². The van der Waals surface area contributed by atoms with Gasteiger partial charge in [-0.1, -0.05) is 24.3 Å². The van der Waals surface area contributed by atoms with Gasteiger partial charge in [0.15, 0.2) is 0 Å². The third kappa shape index (κ3) is 5.64. The zero-order chi connectivity index (χ0) is 19.2. The molecule has 1 fully saturated rings. The second kappa shape index (κ2) is 9.48. The number of hydrogen-bond donors (Lipinski definition) is 1. The number of benzene rings is 1. The molecule has 2 heterocycles. The van der Waals surface area contributed by atoms with Crippen molar-refractivity contribution in [1.82, 2.24) is 15.1 Å². The van der Waals surface area contributed by atoms with E-state index in [1.54, 1.807) is 6.07 Å². The highest BCUT2D eigenvalue weighted by atomic mass is 79.9. The standard InChI is InChI=1S/C20H24BrN3O2S/c1-15-5-2-3-6-16(15)14-23-9-4-10-24(12-11-23)19(25)13-22-20(26)17-7-8-18(21)27-17/h2-3,5-8H,4,9-14H2,1H3,(H,22,26). The number of aryl methyl sites for hydroxylation is 1. The van der Waals surface area contributed by atoms with E-state index in [2.05, 4.69) is 57.3 Å². The highest BCUT2D eigenvalue weighted by Gasteiger charge is 2.20. The Hall–Kier alpha value is -1.70. The van der Waals surface area contributed by atoms with Crippen molar-refractivity contribution in [3.63, 3.8) is 0 Å². The highest BCUT2D eigenvalue weighted by molar-refractivity contribution is 9.11. The number of carbonyl (C=O) groups is 2. The van der Waals surface area contributed by atoms with Gasteiger partial charge >= 0.3 is 0 Å². The number of thiophene rings is 1. The molecule has 1 aromatic heterocycles. The number of halogens is 1. The quantitative estimate of drug-likeness (QED) is 0.761. The van der Waals surface area contributed by atoms with Crippen LogP contribution in [0.25, 0.3) is 0 Å². The molecule has 1 N–H and O–H groups in total. The van der Waals surface area contributed by atoms with Gasteiger partial charge in [-0.25, -0.2) is 0 Å². The fourth-order valence-electron chi connectivity index (χ4n) is 3.20. The molecule has 0 atom stereocenters. The third-order valence-corrected chi connectivity index (χ3v) is 6.42. The molecule has 1 aliphatic heterocycles. The Balaban J connectivity index is 1.48. The van der Waals surface area contributed by atoms with Gasteiger partial charge in [-0.05, 0) is 52.5 Å². The van der Waals surface area contributed by atoms with E-state index in [4.69, 9.17) is 0 Å². The fraction of sp³-hybridized carbons (Fsp3) is 0.400. The number of nitrogens with one attached hydrogen (secondary N) is 1. The molecule has 0 unspecified atom stereocenters. The van der Waals surface area contributed by atoms with E-state index in [0.717, 1.165) is 36.4 Å². The molecule has 2 aromatic rings. The summed E-state index contributed by atoms with van der Waals surface area (Å²) in [6.07, 6.45) is 0.948. The first-order valence-corrected chi connectivity index (χ1v) is 10.7. The molecule has 1 saturated heterocycles. The van der Waals surface area contributed by atoms with Crippen LogP contribution in [0.3, 0.4) is 0 Å². The van der Waals surface area contributed by atoms with Gasteiger partial charge in [0.2, 0.25) is 5.91 Å². The summed E-state index contributed by atoms with van der Waals surface area (Å²) in [6, 6.07) is 12.0. The molecule has 1 aliphatic rings. The Morgan fingerprint density at radius 1 is 1.11 bits per heavy atom. The van der Waals surface area contributed by atoms with Crippen molar-refractivity contribution in [3.05, 3.63) is 56.2 Å². The third-order valence-electron chi connectivity index (χ3n) is 4.79. The molecular formula is C20H24BrN3O2S. The average molecular weight is 450 g/mol. The maximum atomic E-state index is 12.5. The molecule has 0 spiro atoms. The Labute approximate surface area is 172 Å². The minimum absolute atomic E-state index is 0.0169. The van der Waals surface area contributed by atoms with Crippen molar-refractivity contribution >= 4 is 39.1 Å². The summed E-state index contributed by atoms with van der Waals surface area (Å²) in [5, 5.41) is 2.73. The van der Waals surface area contributed by atoms with Crippen molar-refractivity contribution in [3.8, 4) is 0 Å². The number of hydrogen-bond acceptors (Lipinski definition) is 4. The van der Waals surface area contributed by atoms with Gasteiger partial charge in [0, 0.05) is 32.7 Å². The van der Waals surface area contributed by atoms with Crippen LogP contribution in [0.15, 0.2) is 40.2 Å². The van der Waals surface area contributed by atoms with Gasteiger partial charge in [-0.15, -0.1) is 11.3 Å². The van der Waals surface area contributed by atoms with Crippen LogP contribution >= 0.6 is 27.3 Å². The molecule has 5 nitrogen and oxygen atoms in total. The number of amides is 2. The number of rotatable bonds is 5. The smallest absolute Gasteiger partial charge is 0.261 e. The number of carbonyl (C=O) groups excluding carboxylic acids is 2. The van der Waals surface area contributed by atoms with E-state index < -0.39 is 0 Å². The molecule has 2 amide bonds. The van der Waals surface area contributed by atoms with Gasteiger partial charge in [0.1, 0.15) is 0 Å². The van der Waals surface area contributed by atoms with Gasteiger partial charge in [0.05, 0.1) is 15.2 Å². The molecule has 0 aliphatic carbocycles. The van der Waals surface area contributed by atoms with Gasteiger partial charge < -0.3 is 10.2 Å². The second-order valence-electron chi connectivity index (χ2n) is 6.72. The van der Waals surface area contributed by atoms with Crippen LogP contribution in [0.4, 0.5) is 0 Å². The molecule has 7 heteroatoms. The van der Waals surface area contributed by atoms with Crippen molar-refractivity contribution in [2.24, 2.45) is 0 Å². The van der Waals surface area contributed by atoms with E-state index >= 15 is 0 Å². The summed E-state index contributed by atoms with van der Waals surface area (Å²) in [4.78, 5) is 29.5. The first-order chi connectivity index (χ1) is 13.0. The summed E-state index contributed by atoms with van der Waals surface area (Å²) >= 11 is 4.71. The van der Waals surface area contributed by atoms with Crippen LogP contribution in [-0.2, 0) is 11.3 Å². The summed E-state index contributed by atoms with van der Waals surface area (Å²) in [7, 11) is 0. The fourth-order valence-corrected chi connectivity index (χ4v) is 4.50. The second-order valence-corrected chi connectivity index (χ2v) is 9.19. The molecule has 3 rings (SSSR count). The Morgan fingerprint density at radius 3 is 2.67 bits per heavy atom. The van der Waals surface area contributed by atoms with Crippen molar-refractivity contribution < 1.29 is 9.59 Å². The minimum atomic E-state index is -0.199. The zero-order valence-corrected chi connectivity index (χ0v) is 17.8. The Kier molecular flexibility index (Phi) is 7.04. The lowest BCUT2D eigenvalue weighted by Gasteiger charge is -2.22. The SMILES string of the molecule is Cc1ccccc1CN1CCCN(C(=O)CNC(=O)c2ccc(Br)s2)CC1. The van der Waals surface area contributed by atoms with Gasteiger partial charge in [-0.2, -0.15) is 0 Å². The lowest BCUT2D eigenvalue weighted by atomic mass is 10.1. The first kappa shape index (κ1) is 20.0. The molecule has 1 aromatic carbocycles. The summed E-state index contributed by atoms with van der Waals surface area (Å²) < 4.78 is 0.903. The maximum absolute atomic E-state index is 12.5. The molecule has 0 saturated carbocycles. The maximum Gasteiger partial charge on any atom is 0.261 e. The number of nitrogens with zero attached hydrogens (tertiary/aromatic N) is 2. The lowest BCUT2D eigenvalue weighted by Crippen LogP contribution is -2.41. The highest BCUT2D eigenvalue weighted by Crippen LogP contribution is 2.21. The van der Waals surface area contributed by atoms with E-state index in [9.17, 15) is 9.59 Å². The molecule has 0 bridgehead atoms. The predicted molar refractivity (Wildman–Crippen MR) is 112 cm³/mol. The van der Waals surface area contributed by atoms with Crippen LogP contribution in [-0.4, -0.2) is 54.3 Å². The van der Waals surface area contributed by atoms with Crippen molar-refractivity contribution in [2.45, 2.75) is 19.9 Å². The van der Waals surface area contributed by atoms with E-state index in [1.807, 2.05) is 11.0 Å². The average Bonchev–Trinajstić information content (AvgIpc) is 2.96. The zero-order valence-electron chi connectivity index (χ0n) is 15.4. The Bertz CT molecular complexity index is 808. The molecule has 144 valence electrons. The van der Waals surface area contributed by atoms with E-state index in [1.165, 1.54) is 22.5 Å². The van der Waals surface area contributed by atoms with Crippen LogP contribution < -0.4 is 5.32 Å². The summed E-state index contributed by atoms with van der Waals surface area (Å²) in [5.74, 6) is -0.216. The van der Waals surface area contributed by atoms with E-state index in [0.29, 0.717) is 11.4 Å². The summed E-state index contributed by atoms with van der Waals surface area (Å²) in [6.45, 7) is 6.37. The van der Waals surface area contributed by atoms with Crippen molar-refractivity contribution in [2.75, 3.05) is 32.7 Å². The molecular weight excluding hydrogens is 426 g/mol. The lowest BCUT2D eigenvalue weighted by molar-refractivity contribution is -0.130. The Morgan fingerprint density at radius 2 is 1.93 bits per heavy atom. The summed E-state index contributed by atoms with van der Waals surface area (Å²) in [5.41, 5.74) is 2.64. The predicted octanol–water partition coefficient (Wildman–Crippen LogP) is 3.28. The molecule has 0 radical (unpaired) electrons. The van der Waals surface area contributed by atoms with Crippen LogP contribution in [0.1, 0.15) is 27.2 Å². The van der Waals surface area contributed by atoms with E-state index in [-0.39, 0.29) is 18.4 Å². The van der Waals surface area contributed by atoms with Crippen LogP contribution in [0, 0.1) is 6.92 Å². The topological polar surface area (TPSA) is 52.6 Å².